The molecular weight excluding hydrogens is 443 g/mol. The van der Waals surface area contributed by atoms with E-state index in [9.17, 15) is 30.0 Å². The Morgan fingerprint density at radius 3 is 1.43 bits per heavy atom. The Morgan fingerprint density at radius 1 is 0.800 bits per heavy atom. The molecule has 0 aliphatic heterocycles. The normalized spacial score (nSPS) is 12.2. The summed E-state index contributed by atoms with van der Waals surface area (Å²) < 4.78 is 0. The van der Waals surface area contributed by atoms with Crippen LogP contribution in [0.1, 0.15) is 34.3 Å². The van der Waals surface area contributed by atoms with Crippen LogP contribution in [0.4, 0.5) is 0 Å². The maximum absolute atomic E-state index is 11.9. The van der Waals surface area contributed by atoms with Crippen molar-refractivity contribution in [3.63, 3.8) is 0 Å². The first-order chi connectivity index (χ1) is 13.2. The van der Waals surface area contributed by atoms with Gasteiger partial charge in [-0.05, 0) is 13.8 Å². The number of carbonyl (C=O) groups excluding carboxylic acids is 2. The molecule has 0 N–H and O–H groups in total. The van der Waals surface area contributed by atoms with Gasteiger partial charge in [0.1, 0.15) is 0 Å². The zero-order chi connectivity index (χ0) is 20.8. The van der Waals surface area contributed by atoms with Crippen LogP contribution < -0.4 is 50.0 Å². The van der Waals surface area contributed by atoms with Gasteiger partial charge >= 0.3 is 46.6 Å². The maximum Gasteiger partial charge on any atom is 5.00 e. The van der Waals surface area contributed by atoms with E-state index in [-0.39, 0.29) is 70.8 Å². The predicted octanol–water partition coefficient (Wildman–Crippen LogP) is -3.52. The van der Waals surface area contributed by atoms with E-state index in [1.165, 1.54) is 24.3 Å². The number of carboxylic acids is 2. The van der Waals surface area contributed by atoms with Crippen molar-refractivity contribution in [3.8, 4) is 11.5 Å². The number of hydrogen-bond donors (Lipinski definition) is 0. The Labute approximate surface area is 207 Å². The molecule has 0 aliphatic carbocycles. The summed E-state index contributed by atoms with van der Waals surface area (Å²) in [6.45, 7) is 3.07. The minimum atomic E-state index is -1.54. The van der Waals surface area contributed by atoms with Crippen molar-refractivity contribution < 1.29 is 76.6 Å². The van der Waals surface area contributed by atoms with Crippen molar-refractivity contribution in [1.82, 2.24) is 0 Å². The van der Waals surface area contributed by atoms with E-state index in [1.807, 2.05) is 0 Å². The summed E-state index contributed by atoms with van der Waals surface area (Å²) in [4.78, 5) is 22.8. The first kappa shape index (κ1) is 28.4. The monoisotopic (exact) mass is 461 g/mol. The smallest absolute Gasteiger partial charge is 0.872 e. The van der Waals surface area contributed by atoms with Crippen LogP contribution in [0.15, 0.2) is 36.4 Å². The van der Waals surface area contributed by atoms with Gasteiger partial charge in [0.25, 0.3) is 0 Å². The third kappa shape index (κ3) is 7.59. The van der Waals surface area contributed by atoms with Crippen LogP contribution in [0.2, 0.25) is 0 Å². The average Bonchev–Trinajstić information content (AvgIpc) is 2.62. The van der Waals surface area contributed by atoms with E-state index in [4.69, 9.17) is 0 Å². The zero-order valence-corrected chi connectivity index (χ0v) is 19.8. The minimum absolute atomic E-state index is 0. The fraction of sp³-hybridized carbons (Fsp3) is 0.300. The van der Waals surface area contributed by atoms with Gasteiger partial charge in [-0.2, -0.15) is 13.1 Å². The zero-order valence-electron chi connectivity index (χ0n) is 16.7. The van der Waals surface area contributed by atoms with Gasteiger partial charge in [0.15, 0.2) is 0 Å². The molecule has 0 amide bonds. The van der Waals surface area contributed by atoms with Crippen LogP contribution in [0.25, 0.3) is 10.6 Å². The second-order valence-electron chi connectivity index (χ2n) is 6.34. The molecule has 0 saturated carbocycles. The predicted molar refractivity (Wildman–Crippen MR) is 93.2 cm³/mol. The molecule has 1 radical (unpaired) electrons. The molecule has 30 heavy (non-hydrogen) atoms. The number of rotatable bonds is 9. The van der Waals surface area contributed by atoms with Crippen molar-refractivity contribution in [2.24, 2.45) is 0 Å². The molecule has 0 aromatic heterocycles. The van der Waals surface area contributed by atoms with Gasteiger partial charge in [0.2, 0.25) is 0 Å². The summed E-state index contributed by atoms with van der Waals surface area (Å²) in [5.74, 6) is -4.05. The molecule has 0 saturated heterocycles. The van der Waals surface area contributed by atoms with Crippen LogP contribution in [0.5, 0.6) is 11.5 Å². The molecule has 8 nitrogen and oxygen atoms in total. The number of nitrogens with zero attached hydrogens (tertiary/aromatic N) is 2. The van der Waals surface area contributed by atoms with E-state index in [0.29, 0.717) is 11.1 Å². The SMILES string of the molecule is Cc1ccc([O-])c(C([N-]CC[N-]C(C(=O)[O-])c2cc(C)ccc2[O-])C(=O)[O-])c1.[Fe+5].[Na+]. The maximum atomic E-state index is 11.9. The third-order valence-corrected chi connectivity index (χ3v) is 4.09. The van der Waals surface area contributed by atoms with Gasteiger partial charge in [0.05, 0.1) is 0 Å². The number of benzene rings is 2. The molecule has 153 valence electrons. The van der Waals surface area contributed by atoms with E-state index in [2.05, 4.69) is 10.6 Å². The Morgan fingerprint density at radius 2 is 1.13 bits per heavy atom. The molecule has 2 rings (SSSR count). The van der Waals surface area contributed by atoms with Crippen molar-refractivity contribution >= 4 is 11.9 Å². The first-order valence-electron chi connectivity index (χ1n) is 8.50. The van der Waals surface area contributed by atoms with Gasteiger partial charge in [-0.15, -0.1) is 11.5 Å². The number of hydrogen-bond acceptors (Lipinski definition) is 6. The van der Waals surface area contributed by atoms with Gasteiger partial charge in [-0.25, -0.2) is 0 Å². The molecule has 2 unspecified atom stereocenters. The van der Waals surface area contributed by atoms with Crippen LogP contribution in [-0.2, 0) is 26.7 Å². The van der Waals surface area contributed by atoms with E-state index < -0.39 is 35.5 Å². The number of carboxylic acid groups (broad SMARTS) is 2. The summed E-state index contributed by atoms with van der Waals surface area (Å²) >= 11 is 0. The van der Waals surface area contributed by atoms with Crippen LogP contribution in [-0.4, -0.2) is 25.0 Å². The first-order valence-corrected chi connectivity index (χ1v) is 8.50. The number of aliphatic carboxylic acids is 2. The Hall–Kier alpha value is -1.58. The second kappa shape index (κ2) is 13.0. The summed E-state index contributed by atoms with van der Waals surface area (Å²) in [7, 11) is 0. The van der Waals surface area contributed by atoms with Gasteiger partial charge in [-0.1, -0.05) is 70.7 Å². The van der Waals surface area contributed by atoms with Crippen LogP contribution in [0, 0.1) is 13.8 Å². The van der Waals surface area contributed by atoms with Gasteiger partial charge in [-0.3, -0.25) is 0 Å². The number of aryl methyl sites for hydroxylation is 2. The van der Waals surface area contributed by atoms with Crippen molar-refractivity contribution in [1.29, 1.82) is 0 Å². The molecule has 2 aromatic carbocycles. The van der Waals surface area contributed by atoms with Gasteiger partial charge < -0.3 is 40.6 Å². The largest absolute Gasteiger partial charge is 5.00 e. The fourth-order valence-electron chi connectivity index (χ4n) is 2.74. The summed E-state index contributed by atoms with van der Waals surface area (Å²) in [5, 5.41) is 54.4. The standard InChI is InChI=1S/C20H22N2O6.Fe.Na/c1-11-3-5-15(23)13(9-11)17(19(25)26)21-7-8-22-18(20(27)28)14-10-12(2)4-6-16(14)24;;/h3-6,9-10,17-18,23-24H,7-8H2,1-2H3,(H,25,26)(H,27,28);;/q-2;+5;+1/p-4. The van der Waals surface area contributed by atoms with Crippen molar-refractivity contribution in [3.05, 3.63) is 69.3 Å². The van der Waals surface area contributed by atoms with E-state index >= 15 is 0 Å². The summed E-state index contributed by atoms with van der Waals surface area (Å²) in [6.07, 6.45) is 0. The second-order valence-corrected chi connectivity index (χ2v) is 6.34. The Kier molecular flexibility index (Phi) is 12.3. The fourth-order valence-corrected chi connectivity index (χ4v) is 2.74. The van der Waals surface area contributed by atoms with E-state index in [1.54, 1.807) is 26.0 Å². The summed E-state index contributed by atoms with van der Waals surface area (Å²) in [6, 6.07) is 5.48. The van der Waals surface area contributed by atoms with Crippen molar-refractivity contribution in [2.75, 3.05) is 13.1 Å². The Bertz CT molecular complexity index is 809. The third-order valence-electron chi connectivity index (χ3n) is 4.09. The Balaban J connectivity index is 0.00000420. The van der Waals surface area contributed by atoms with Gasteiger partial charge in [0, 0.05) is 11.9 Å². The minimum Gasteiger partial charge on any atom is -0.872 e. The molecule has 2 aromatic rings. The van der Waals surface area contributed by atoms with Crippen LogP contribution in [0.3, 0.4) is 0 Å². The summed E-state index contributed by atoms with van der Waals surface area (Å²) in [5.41, 5.74) is 1.33. The molecule has 0 heterocycles. The molecule has 10 heteroatoms. The topological polar surface area (TPSA) is 155 Å². The van der Waals surface area contributed by atoms with E-state index in [0.717, 1.165) is 0 Å². The molecule has 0 spiro atoms. The quantitative estimate of drug-likeness (QED) is 0.279. The molecule has 2 atom stereocenters. The average molecular weight is 461 g/mol. The number of carbonyl (C=O) groups is 2. The molecule has 0 fully saturated rings. The van der Waals surface area contributed by atoms with Crippen LogP contribution >= 0.6 is 0 Å². The molecule has 0 bridgehead atoms. The van der Waals surface area contributed by atoms with Crippen molar-refractivity contribution in [2.45, 2.75) is 25.9 Å². The molecule has 0 aliphatic rings. The molecular formula is C20H18FeN2NaO6.